The normalized spacial score (nSPS) is 14.6. The molecular formula is C18H23NO2. The third kappa shape index (κ3) is 4.91. The predicted molar refractivity (Wildman–Crippen MR) is 85.0 cm³/mol. The van der Waals surface area contributed by atoms with Gasteiger partial charge in [0.05, 0.1) is 12.3 Å². The zero-order valence-corrected chi connectivity index (χ0v) is 12.6. The Hall–Kier alpha value is -1.79. The highest BCUT2D eigenvalue weighted by molar-refractivity contribution is 5.92. The first-order valence-electron chi connectivity index (χ1n) is 7.69. The highest BCUT2D eigenvalue weighted by Crippen LogP contribution is 2.28. The molecule has 112 valence electrons. The van der Waals surface area contributed by atoms with E-state index in [1.807, 2.05) is 25.1 Å². The molecule has 0 saturated heterocycles. The number of aliphatic hydroxyl groups is 1. The molecule has 0 spiro atoms. The third-order valence-electron chi connectivity index (χ3n) is 3.86. The molecule has 1 saturated carbocycles. The summed E-state index contributed by atoms with van der Waals surface area (Å²) in [7, 11) is 0. The first-order chi connectivity index (χ1) is 10.2. The van der Waals surface area contributed by atoms with Crippen LogP contribution in [0.4, 0.5) is 5.69 Å². The van der Waals surface area contributed by atoms with Gasteiger partial charge in [0, 0.05) is 18.4 Å². The van der Waals surface area contributed by atoms with Crippen molar-refractivity contribution < 1.29 is 9.90 Å². The maximum atomic E-state index is 12.1. The molecule has 3 nitrogen and oxygen atoms in total. The molecular weight excluding hydrogens is 262 g/mol. The number of benzene rings is 1. The second-order valence-electron chi connectivity index (χ2n) is 5.73. The van der Waals surface area contributed by atoms with E-state index in [-0.39, 0.29) is 12.5 Å². The second kappa shape index (κ2) is 7.85. The van der Waals surface area contributed by atoms with E-state index in [0.717, 1.165) is 16.8 Å². The number of carbonyl (C=O) groups is 1. The Labute approximate surface area is 126 Å². The summed E-state index contributed by atoms with van der Waals surface area (Å²) in [6.07, 6.45) is 5.90. The lowest BCUT2D eigenvalue weighted by Crippen LogP contribution is -2.15. The van der Waals surface area contributed by atoms with Crippen molar-refractivity contribution in [2.24, 2.45) is 5.92 Å². The Morgan fingerprint density at radius 2 is 2.14 bits per heavy atom. The Balaban J connectivity index is 2.04. The predicted octanol–water partition coefficient (Wildman–Crippen LogP) is 3.25. The quantitative estimate of drug-likeness (QED) is 0.834. The average Bonchev–Trinajstić information content (AvgIpc) is 2.95. The molecule has 0 atom stereocenters. The maximum absolute atomic E-state index is 12.1. The monoisotopic (exact) mass is 285 g/mol. The molecule has 1 aromatic rings. The summed E-state index contributed by atoms with van der Waals surface area (Å²) < 4.78 is 0. The Kier molecular flexibility index (Phi) is 5.83. The minimum absolute atomic E-state index is 0.0577. The fourth-order valence-corrected chi connectivity index (χ4v) is 2.76. The number of aliphatic hydroxyl groups excluding tert-OH is 1. The van der Waals surface area contributed by atoms with Crippen LogP contribution in [-0.4, -0.2) is 17.6 Å². The van der Waals surface area contributed by atoms with Gasteiger partial charge in [0.15, 0.2) is 0 Å². The van der Waals surface area contributed by atoms with Crippen LogP contribution >= 0.6 is 0 Å². The van der Waals surface area contributed by atoms with E-state index in [1.54, 1.807) is 0 Å². The first kappa shape index (κ1) is 15.6. The highest BCUT2D eigenvalue weighted by atomic mass is 16.2. The lowest BCUT2D eigenvalue weighted by molar-refractivity contribution is -0.117. The molecule has 0 aromatic heterocycles. The van der Waals surface area contributed by atoms with Gasteiger partial charge in [-0.25, -0.2) is 0 Å². The first-order valence-corrected chi connectivity index (χ1v) is 7.69. The number of anilines is 1. The highest BCUT2D eigenvalue weighted by Gasteiger charge is 2.18. The van der Waals surface area contributed by atoms with Crippen LogP contribution in [-0.2, 0) is 4.79 Å². The topological polar surface area (TPSA) is 49.3 Å². The molecule has 1 fully saturated rings. The van der Waals surface area contributed by atoms with E-state index in [2.05, 4.69) is 17.2 Å². The number of carbonyl (C=O) groups excluding carboxylic acids is 1. The lowest BCUT2D eigenvalue weighted by atomic mass is 10.0. The van der Waals surface area contributed by atoms with Gasteiger partial charge in [0.2, 0.25) is 5.91 Å². The summed E-state index contributed by atoms with van der Waals surface area (Å²) >= 11 is 0. The van der Waals surface area contributed by atoms with Gasteiger partial charge in [-0.15, -0.1) is 0 Å². The zero-order chi connectivity index (χ0) is 15.1. The average molecular weight is 285 g/mol. The van der Waals surface area contributed by atoms with Crippen LogP contribution in [0.3, 0.4) is 0 Å². The SMILES string of the molecule is Cc1ccc(NC(=O)CC2CCCC2)c(C#CCCO)c1. The molecule has 3 heteroatoms. The molecule has 0 radical (unpaired) electrons. The smallest absolute Gasteiger partial charge is 0.224 e. The van der Waals surface area contributed by atoms with Crippen molar-refractivity contribution in [1.29, 1.82) is 0 Å². The summed E-state index contributed by atoms with van der Waals surface area (Å²) in [5.74, 6) is 6.56. The maximum Gasteiger partial charge on any atom is 0.224 e. The lowest BCUT2D eigenvalue weighted by Gasteiger charge is -2.11. The van der Waals surface area contributed by atoms with Crippen molar-refractivity contribution in [3.8, 4) is 11.8 Å². The molecule has 2 rings (SSSR count). The summed E-state index contributed by atoms with van der Waals surface area (Å²) in [5.41, 5.74) is 2.70. The number of aryl methyl sites for hydroxylation is 1. The Morgan fingerprint density at radius 3 is 2.86 bits per heavy atom. The molecule has 1 aliphatic carbocycles. The van der Waals surface area contributed by atoms with Crippen LogP contribution in [0.25, 0.3) is 0 Å². The van der Waals surface area contributed by atoms with E-state index in [4.69, 9.17) is 5.11 Å². The summed E-state index contributed by atoms with van der Waals surface area (Å²) in [5, 5.41) is 11.8. The molecule has 0 aliphatic heterocycles. The number of hydrogen-bond acceptors (Lipinski definition) is 2. The standard InChI is InChI=1S/C18H23NO2/c1-14-9-10-17(16(12-14)8-4-5-11-20)19-18(21)13-15-6-2-3-7-15/h9-10,12,15,20H,2-3,5-7,11,13H2,1H3,(H,19,21). The fraction of sp³-hybridized carbons (Fsp3) is 0.500. The molecule has 1 aromatic carbocycles. The zero-order valence-electron chi connectivity index (χ0n) is 12.6. The van der Waals surface area contributed by atoms with E-state index in [1.165, 1.54) is 25.7 Å². The van der Waals surface area contributed by atoms with E-state index < -0.39 is 0 Å². The van der Waals surface area contributed by atoms with Crippen LogP contribution in [0.2, 0.25) is 0 Å². The van der Waals surface area contributed by atoms with Crippen LogP contribution in [0.15, 0.2) is 18.2 Å². The largest absolute Gasteiger partial charge is 0.395 e. The Bertz CT molecular complexity index is 548. The van der Waals surface area contributed by atoms with Gasteiger partial charge < -0.3 is 10.4 Å². The summed E-state index contributed by atoms with van der Waals surface area (Å²) in [6, 6.07) is 5.85. The van der Waals surface area contributed by atoms with Gasteiger partial charge in [-0.3, -0.25) is 4.79 Å². The van der Waals surface area contributed by atoms with E-state index in [0.29, 0.717) is 18.8 Å². The van der Waals surface area contributed by atoms with E-state index >= 15 is 0 Å². The molecule has 0 bridgehead atoms. The minimum atomic E-state index is 0.0577. The molecule has 0 heterocycles. The fourth-order valence-electron chi connectivity index (χ4n) is 2.76. The number of nitrogens with one attached hydrogen (secondary N) is 1. The van der Waals surface area contributed by atoms with Gasteiger partial charge in [0.1, 0.15) is 0 Å². The van der Waals surface area contributed by atoms with Gasteiger partial charge >= 0.3 is 0 Å². The molecule has 1 amide bonds. The number of rotatable bonds is 4. The molecule has 0 unspecified atom stereocenters. The van der Waals surface area contributed by atoms with Crippen LogP contribution < -0.4 is 5.32 Å². The van der Waals surface area contributed by atoms with Crippen molar-refractivity contribution in [2.75, 3.05) is 11.9 Å². The van der Waals surface area contributed by atoms with E-state index in [9.17, 15) is 4.79 Å². The van der Waals surface area contributed by atoms with Crippen molar-refractivity contribution in [3.63, 3.8) is 0 Å². The van der Waals surface area contributed by atoms with Gasteiger partial charge in [0.25, 0.3) is 0 Å². The second-order valence-corrected chi connectivity index (χ2v) is 5.73. The van der Waals surface area contributed by atoms with Crippen molar-refractivity contribution in [1.82, 2.24) is 0 Å². The molecule has 21 heavy (non-hydrogen) atoms. The van der Waals surface area contributed by atoms with Crippen LogP contribution in [0.5, 0.6) is 0 Å². The number of amides is 1. The Morgan fingerprint density at radius 1 is 1.38 bits per heavy atom. The van der Waals surface area contributed by atoms with Gasteiger partial charge in [-0.05, 0) is 43.4 Å². The summed E-state index contributed by atoms with van der Waals surface area (Å²) in [6.45, 7) is 2.06. The molecule has 1 aliphatic rings. The number of hydrogen-bond donors (Lipinski definition) is 2. The van der Waals surface area contributed by atoms with Crippen molar-refractivity contribution in [3.05, 3.63) is 29.3 Å². The molecule has 2 N–H and O–H groups in total. The minimum Gasteiger partial charge on any atom is -0.395 e. The van der Waals surface area contributed by atoms with Crippen molar-refractivity contribution in [2.45, 2.75) is 45.4 Å². The van der Waals surface area contributed by atoms with Gasteiger partial charge in [-0.1, -0.05) is 30.7 Å². The third-order valence-corrected chi connectivity index (χ3v) is 3.86. The van der Waals surface area contributed by atoms with Crippen LogP contribution in [0, 0.1) is 24.7 Å². The van der Waals surface area contributed by atoms with Gasteiger partial charge in [-0.2, -0.15) is 0 Å². The van der Waals surface area contributed by atoms with Crippen molar-refractivity contribution >= 4 is 11.6 Å². The summed E-state index contributed by atoms with van der Waals surface area (Å²) in [4.78, 5) is 12.1. The van der Waals surface area contributed by atoms with Crippen LogP contribution in [0.1, 0.15) is 49.7 Å².